The summed E-state index contributed by atoms with van der Waals surface area (Å²) in [5, 5.41) is 51.5. The summed E-state index contributed by atoms with van der Waals surface area (Å²) < 4.78 is 11.7. The van der Waals surface area contributed by atoms with Gasteiger partial charge in [0.25, 0.3) is 0 Å². The molecule has 2 heterocycles. The summed E-state index contributed by atoms with van der Waals surface area (Å²) in [6.45, 7) is 1.53. The van der Waals surface area contributed by atoms with Crippen LogP contribution in [0.15, 0.2) is 46.2 Å². The van der Waals surface area contributed by atoms with E-state index in [4.69, 9.17) is 27.5 Å². The van der Waals surface area contributed by atoms with Gasteiger partial charge >= 0.3 is 0 Å². The van der Waals surface area contributed by atoms with E-state index < -0.39 is 42.7 Å². The fourth-order valence-corrected chi connectivity index (χ4v) is 5.19. The first-order valence-corrected chi connectivity index (χ1v) is 11.4. The van der Waals surface area contributed by atoms with E-state index in [2.05, 4.69) is 5.92 Å². The number of hydrogen-bond donors (Lipinski definition) is 5. The standard InChI is InChI=1S/C25H29ClO7/c1-3-25(2,31)15-6-4-13(5-7-15)10-14-11-17(16-8-9-32-23(16)19(14)26)24-22(30)21(29)20(28)18(12-27)33-24/h1,4-7,17-18,20-22,24,27-31H,8-12H2,2H3/t17?,18-,20-,21+,22-,24+,25?/m1/s1. The zero-order valence-electron chi connectivity index (χ0n) is 18.3. The second kappa shape index (κ2) is 9.40. The fourth-order valence-electron chi connectivity index (χ4n) is 4.87. The Bertz CT molecular complexity index is 989. The molecule has 1 aliphatic carbocycles. The van der Waals surface area contributed by atoms with E-state index >= 15 is 0 Å². The van der Waals surface area contributed by atoms with Crippen molar-refractivity contribution in [1.82, 2.24) is 0 Å². The van der Waals surface area contributed by atoms with Gasteiger partial charge in [0.1, 0.15) is 35.8 Å². The molecule has 0 saturated carbocycles. The highest BCUT2D eigenvalue weighted by Gasteiger charge is 2.49. The van der Waals surface area contributed by atoms with Crippen molar-refractivity contribution in [3.05, 3.63) is 57.3 Å². The summed E-state index contributed by atoms with van der Waals surface area (Å²) in [5.74, 6) is 2.61. The summed E-state index contributed by atoms with van der Waals surface area (Å²) in [4.78, 5) is 0. The summed E-state index contributed by atoms with van der Waals surface area (Å²) in [6.07, 6.45) is 1.02. The molecule has 1 saturated heterocycles. The quantitative estimate of drug-likeness (QED) is 0.404. The van der Waals surface area contributed by atoms with E-state index in [0.717, 1.165) is 16.7 Å². The lowest BCUT2D eigenvalue weighted by molar-refractivity contribution is -0.238. The molecule has 1 fully saturated rings. The zero-order valence-corrected chi connectivity index (χ0v) is 19.1. The molecule has 2 unspecified atom stereocenters. The number of aliphatic hydroxyl groups excluding tert-OH is 4. The van der Waals surface area contributed by atoms with Gasteiger partial charge in [-0.2, -0.15) is 0 Å². The van der Waals surface area contributed by atoms with Gasteiger partial charge in [-0.1, -0.05) is 41.8 Å². The first-order valence-electron chi connectivity index (χ1n) is 11.0. The van der Waals surface area contributed by atoms with Gasteiger partial charge in [0.2, 0.25) is 0 Å². The lowest BCUT2D eigenvalue weighted by Crippen LogP contribution is -2.60. The maximum Gasteiger partial charge on any atom is 0.147 e. The Hall–Kier alpha value is -1.89. The number of halogens is 1. The zero-order chi connectivity index (χ0) is 23.9. The summed E-state index contributed by atoms with van der Waals surface area (Å²) >= 11 is 6.71. The molecule has 7 nitrogen and oxygen atoms in total. The van der Waals surface area contributed by atoms with Crippen molar-refractivity contribution in [2.45, 2.75) is 62.3 Å². The Morgan fingerprint density at radius 2 is 1.85 bits per heavy atom. The third kappa shape index (κ3) is 4.45. The van der Waals surface area contributed by atoms with E-state index in [0.29, 0.717) is 42.2 Å². The van der Waals surface area contributed by atoms with Crippen molar-refractivity contribution in [3.63, 3.8) is 0 Å². The number of rotatable bonds is 5. The first kappa shape index (κ1) is 24.2. The van der Waals surface area contributed by atoms with Crippen LogP contribution in [0.25, 0.3) is 0 Å². The number of ether oxygens (including phenoxy) is 2. The molecule has 7 atom stereocenters. The molecule has 1 aromatic rings. The second-order valence-corrected chi connectivity index (χ2v) is 9.44. The van der Waals surface area contributed by atoms with E-state index in [1.54, 1.807) is 19.1 Å². The first-order chi connectivity index (χ1) is 15.7. The van der Waals surface area contributed by atoms with Crippen molar-refractivity contribution in [2.75, 3.05) is 13.2 Å². The largest absolute Gasteiger partial charge is 0.492 e. The topological polar surface area (TPSA) is 120 Å². The number of benzene rings is 1. The average molecular weight is 477 g/mol. The van der Waals surface area contributed by atoms with Gasteiger partial charge in [0.15, 0.2) is 0 Å². The summed E-state index contributed by atoms with van der Waals surface area (Å²) in [7, 11) is 0. The third-order valence-corrected chi connectivity index (χ3v) is 7.31. The Morgan fingerprint density at radius 1 is 1.15 bits per heavy atom. The Kier molecular flexibility index (Phi) is 6.90. The monoisotopic (exact) mass is 476 g/mol. The van der Waals surface area contributed by atoms with Crippen molar-refractivity contribution >= 4 is 11.6 Å². The predicted octanol–water partition coefficient (Wildman–Crippen LogP) is 1.10. The number of hydrogen-bond acceptors (Lipinski definition) is 7. The molecule has 33 heavy (non-hydrogen) atoms. The minimum atomic E-state index is -1.44. The molecule has 0 aromatic heterocycles. The molecule has 1 aromatic carbocycles. The summed E-state index contributed by atoms with van der Waals surface area (Å²) in [6, 6.07) is 7.30. The Labute approximate surface area is 197 Å². The van der Waals surface area contributed by atoms with Crippen LogP contribution in [0, 0.1) is 18.3 Å². The maximum absolute atomic E-state index is 10.7. The number of terminal acetylenes is 1. The Balaban J connectivity index is 1.61. The van der Waals surface area contributed by atoms with Gasteiger partial charge < -0.3 is 35.0 Å². The van der Waals surface area contributed by atoms with E-state index in [9.17, 15) is 25.5 Å². The van der Waals surface area contributed by atoms with Crippen LogP contribution in [0.1, 0.15) is 30.9 Å². The van der Waals surface area contributed by atoms with Crippen LogP contribution in [-0.4, -0.2) is 69.3 Å². The maximum atomic E-state index is 10.7. The minimum absolute atomic E-state index is 0.326. The predicted molar refractivity (Wildman–Crippen MR) is 121 cm³/mol. The van der Waals surface area contributed by atoms with E-state index in [1.807, 2.05) is 12.1 Å². The highest BCUT2D eigenvalue weighted by atomic mass is 35.5. The van der Waals surface area contributed by atoms with Crippen LogP contribution in [0.3, 0.4) is 0 Å². The highest BCUT2D eigenvalue weighted by molar-refractivity contribution is 6.32. The van der Waals surface area contributed by atoms with Crippen LogP contribution in [0.5, 0.6) is 0 Å². The number of allylic oxidation sites excluding steroid dienone is 2. The van der Waals surface area contributed by atoms with Gasteiger partial charge in [-0.15, -0.1) is 6.42 Å². The van der Waals surface area contributed by atoms with Crippen molar-refractivity contribution in [3.8, 4) is 12.3 Å². The van der Waals surface area contributed by atoms with Gasteiger partial charge in [-0.25, -0.2) is 0 Å². The van der Waals surface area contributed by atoms with Crippen LogP contribution < -0.4 is 0 Å². The van der Waals surface area contributed by atoms with Gasteiger partial charge in [-0.3, -0.25) is 0 Å². The lowest BCUT2D eigenvalue weighted by Gasteiger charge is -2.44. The van der Waals surface area contributed by atoms with Crippen molar-refractivity contribution < 1.29 is 35.0 Å². The molecule has 2 aliphatic heterocycles. The molecule has 0 bridgehead atoms. The van der Waals surface area contributed by atoms with Crippen LogP contribution in [-0.2, 0) is 21.5 Å². The average Bonchev–Trinajstić information content (AvgIpc) is 3.31. The molecule has 8 heteroatoms. The van der Waals surface area contributed by atoms with Gasteiger partial charge in [0, 0.05) is 12.3 Å². The smallest absolute Gasteiger partial charge is 0.147 e. The Morgan fingerprint density at radius 3 is 2.48 bits per heavy atom. The van der Waals surface area contributed by atoms with E-state index in [1.165, 1.54) is 0 Å². The minimum Gasteiger partial charge on any atom is -0.492 e. The van der Waals surface area contributed by atoms with Gasteiger partial charge in [0.05, 0.1) is 24.4 Å². The molecule has 178 valence electrons. The molecule has 3 aliphatic rings. The third-order valence-electron chi connectivity index (χ3n) is 6.87. The normalized spacial score (nSPS) is 33.9. The summed E-state index contributed by atoms with van der Waals surface area (Å²) in [5.41, 5.74) is 2.01. The lowest BCUT2D eigenvalue weighted by atomic mass is 9.76. The molecule has 4 rings (SSSR count). The SMILES string of the molecule is C#CC(C)(O)c1ccc(CC2=C(Cl)C3=C(CCO3)C([C@@H]3O[C@H](CO)[C@@H](O)[C@H](O)[C@H]3O)C2)cc1. The second-order valence-electron chi connectivity index (χ2n) is 9.06. The van der Waals surface area contributed by atoms with Crippen LogP contribution in [0.4, 0.5) is 0 Å². The molecular formula is C25H29ClO7. The molecule has 0 amide bonds. The van der Waals surface area contributed by atoms with Gasteiger partial charge in [-0.05, 0) is 42.0 Å². The number of aliphatic hydroxyl groups is 5. The molecule has 0 radical (unpaired) electrons. The fraction of sp³-hybridized carbons (Fsp3) is 0.520. The van der Waals surface area contributed by atoms with Crippen molar-refractivity contribution in [2.24, 2.45) is 5.92 Å². The van der Waals surface area contributed by atoms with E-state index in [-0.39, 0.29) is 5.92 Å². The molecule has 5 N–H and O–H groups in total. The van der Waals surface area contributed by atoms with Crippen LogP contribution >= 0.6 is 11.6 Å². The van der Waals surface area contributed by atoms with Crippen molar-refractivity contribution in [1.29, 1.82) is 0 Å². The molecule has 0 spiro atoms. The highest BCUT2D eigenvalue weighted by Crippen LogP contribution is 2.46. The van der Waals surface area contributed by atoms with Crippen LogP contribution in [0.2, 0.25) is 0 Å². The molecular weight excluding hydrogens is 448 g/mol.